The number of benzene rings is 1. The molecule has 0 aliphatic heterocycles. The van der Waals surface area contributed by atoms with Gasteiger partial charge in [-0.2, -0.15) is 0 Å². The van der Waals surface area contributed by atoms with Gasteiger partial charge in [0.1, 0.15) is 11.6 Å². The Hall–Kier alpha value is -1.51. The largest absolute Gasteiger partial charge is 0.482 e. The Morgan fingerprint density at radius 3 is 2.67 bits per heavy atom. The SMILES string of the molecule is CCC(Oc1cc(C)ccc1C)C(=N)N. The van der Waals surface area contributed by atoms with Crippen molar-refractivity contribution in [2.75, 3.05) is 0 Å². The molecule has 0 aliphatic carbocycles. The summed E-state index contributed by atoms with van der Waals surface area (Å²) in [7, 11) is 0. The van der Waals surface area contributed by atoms with Crippen molar-refractivity contribution in [2.24, 2.45) is 5.73 Å². The zero-order valence-corrected chi connectivity index (χ0v) is 9.50. The summed E-state index contributed by atoms with van der Waals surface area (Å²) in [5, 5.41) is 7.38. The molecule has 1 atom stereocenters. The first-order chi connectivity index (χ1) is 7.04. The molecule has 1 aromatic carbocycles. The number of nitrogens with two attached hydrogens (primary N) is 1. The summed E-state index contributed by atoms with van der Waals surface area (Å²) in [5.41, 5.74) is 7.66. The van der Waals surface area contributed by atoms with Gasteiger partial charge in [-0.1, -0.05) is 19.1 Å². The van der Waals surface area contributed by atoms with Crippen molar-refractivity contribution in [1.29, 1.82) is 5.41 Å². The van der Waals surface area contributed by atoms with Gasteiger partial charge in [0, 0.05) is 0 Å². The maximum absolute atomic E-state index is 7.38. The van der Waals surface area contributed by atoms with Crippen molar-refractivity contribution in [3.8, 4) is 5.75 Å². The van der Waals surface area contributed by atoms with Gasteiger partial charge in [-0.25, -0.2) is 0 Å². The summed E-state index contributed by atoms with van der Waals surface area (Å²) in [6.07, 6.45) is 0.397. The highest BCUT2D eigenvalue weighted by Crippen LogP contribution is 2.21. The molecule has 0 aromatic heterocycles. The molecule has 0 saturated heterocycles. The molecule has 3 heteroatoms. The van der Waals surface area contributed by atoms with E-state index >= 15 is 0 Å². The van der Waals surface area contributed by atoms with Crippen molar-refractivity contribution in [3.63, 3.8) is 0 Å². The van der Waals surface area contributed by atoms with E-state index in [4.69, 9.17) is 15.9 Å². The van der Waals surface area contributed by atoms with Crippen LogP contribution in [0.1, 0.15) is 24.5 Å². The first-order valence-electron chi connectivity index (χ1n) is 5.12. The predicted octanol–water partition coefficient (Wildman–Crippen LogP) is 2.40. The summed E-state index contributed by atoms with van der Waals surface area (Å²) >= 11 is 0. The summed E-state index contributed by atoms with van der Waals surface area (Å²) in [6, 6.07) is 6.02. The summed E-state index contributed by atoms with van der Waals surface area (Å²) in [5.74, 6) is 0.899. The van der Waals surface area contributed by atoms with Gasteiger partial charge in [-0.05, 0) is 37.5 Å². The lowest BCUT2D eigenvalue weighted by atomic mass is 10.1. The number of rotatable bonds is 4. The van der Waals surface area contributed by atoms with Crippen molar-refractivity contribution < 1.29 is 4.74 Å². The van der Waals surface area contributed by atoms with Crippen LogP contribution in [0.5, 0.6) is 5.75 Å². The number of nitrogens with one attached hydrogen (secondary N) is 1. The van der Waals surface area contributed by atoms with Crippen molar-refractivity contribution >= 4 is 5.84 Å². The molecule has 0 aliphatic rings. The Balaban J connectivity index is 2.87. The normalized spacial score (nSPS) is 12.2. The number of hydrogen-bond acceptors (Lipinski definition) is 2. The van der Waals surface area contributed by atoms with Crippen LogP contribution in [0.3, 0.4) is 0 Å². The van der Waals surface area contributed by atoms with Crippen molar-refractivity contribution in [1.82, 2.24) is 0 Å². The van der Waals surface area contributed by atoms with Crippen LogP contribution in [-0.4, -0.2) is 11.9 Å². The minimum Gasteiger partial charge on any atom is -0.482 e. The van der Waals surface area contributed by atoms with Gasteiger partial charge >= 0.3 is 0 Å². The maximum atomic E-state index is 7.38. The molecule has 3 N–H and O–H groups in total. The van der Waals surface area contributed by atoms with E-state index in [9.17, 15) is 0 Å². The third kappa shape index (κ3) is 2.98. The lowest BCUT2D eigenvalue weighted by Crippen LogP contribution is -2.32. The van der Waals surface area contributed by atoms with Crippen LogP contribution in [-0.2, 0) is 0 Å². The molecule has 1 rings (SSSR count). The van der Waals surface area contributed by atoms with Crippen molar-refractivity contribution in [3.05, 3.63) is 29.3 Å². The van der Waals surface area contributed by atoms with Crippen LogP contribution in [0.15, 0.2) is 18.2 Å². The van der Waals surface area contributed by atoms with E-state index < -0.39 is 0 Å². The average molecular weight is 206 g/mol. The molecule has 3 nitrogen and oxygen atoms in total. The fourth-order valence-corrected chi connectivity index (χ4v) is 1.35. The van der Waals surface area contributed by atoms with Gasteiger partial charge in [-0.3, -0.25) is 5.41 Å². The molecular formula is C12H18N2O. The fourth-order valence-electron chi connectivity index (χ4n) is 1.35. The highest BCUT2D eigenvalue weighted by molar-refractivity contribution is 5.82. The van der Waals surface area contributed by atoms with E-state index in [1.54, 1.807) is 0 Å². The summed E-state index contributed by atoms with van der Waals surface area (Å²) in [4.78, 5) is 0. The molecule has 0 spiro atoms. The molecule has 0 heterocycles. The number of amidine groups is 1. The number of hydrogen-bond donors (Lipinski definition) is 2. The second-order valence-electron chi connectivity index (χ2n) is 3.74. The van der Waals surface area contributed by atoms with Gasteiger partial charge in [0.25, 0.3) is 0 Å². The molecule has 0 amide bonds. The second-order valence-corrected chi connectivity index (χ2v) is 3.74. The first kappa shape index (κ1) is 11.6. The summed E-state index contributed by atoms with van der Waals surface area (Å²) < 4.78 is 5.69. The van der Waals surface area contributed by atoms with Crippen molar-refractivity contribution in [2.45, 2.75) is 33.3 Å². The molecule has 0 radical (unpaired) electrons. The number of ether oxygens (including phenoxy) is 1. The van der Waals surface area contributed by atoms with Gasteiger partial charge in [-0.15, -0.1) is 0 Å². The standard InChI is InChI=1S/C12H18N2O/c1-4-10(12(13)14)15-11-7-8(2)5-6-9(11)3/h5-7,10H,4H2,1-3H3,(H3,13,14). The zero-order chi connectivity index (χ0) is 11.4. The topological polar surface area (TPSA) is 59.1 Å². The molecule has 1 unspecified atom stereocenters. The Bertz CT molecular complexity index is 361. The first-order valence-corrected chi connectivity index (χ1v) is 5.12. The highest BCUT2D eigenvalue weighted by atomic mass is 16.5. The van der Waals surface area contributed by atoms with Crippen LogP contribution >= 0.6 is 0 Å². The van der Waals surface area contributed by atoms with Gasteiger partial charge in [0.2, 0.25) is 0 Å². The Labute approximate surface area is 90.8 Å². The third-order valence-corrected chi connectivity index (χ3v) is 2.33. The van der Waals surface area contributed by atoms with Crippen LogP contribution in [0.2, 0.25) is 0 Å². The minimum atomic E-state index is -0.314. The molecule has 0 saturated carbocycles. The number of aryl methyl sites for hydroxylation is 2. The molecule has 1 aromatic rings. The quantitative estimate of drug-likeness (QED) is 0.587. The molecule has 0 fully saturated rings. The van der Waals surface area contributed by atoms with Crippen LogP contribution in [0, 0.1) is 19.3 Å². The second kappa shape index (κ2) is 4.82. The van der Waals surface area contributed by atoms with Crippen LogP contribution in [0.25, 0.3) is 0 Å². The fraction of sp³-hybridized carbons (Fsp3) is 0.417. The van der Waals surface area contributed by atoms with Crippen LogP contribution < -0.4 is 10.5 Å². The van der Waals surface area contributed by atoms with Crippen LogP contribution in [0.4, 0.5) is 0 Å². The lowest BCUT2D eigenvalue weighted by Gasteiger charge is -2.17. The third-order valence-electron chi connectivity index (χ3n) is 2.33. The monoisotopic (exact) mass is 206 g/mol. The molecule has 82 valence electrons. The molecular weight excluding hydrogens is 188 g/mol. The Morgan fingerprint density at radius 2 is 2.13 bits per heavy atom. The van der Waals surface area contributed by atoms with E-state index in [0.717, 1.165) is 16.9 Å². The van der Waals surface area contributed by atoms with E-state index in [1.165, 1.54) is 0 Å². The van der Waals surface area contributed by atoms with E-state index in [0.29, 0.717) is 6.42 Å². The van der Waals surface area contributed by atoms with Gasteiger partial charge in [0.05, 0.1) is 0 Å². The highest BCUT2D eigenvalue weighted by Gasteiger charge is 2.12. The minimum absolute atomic E-state index is 0.0819. The zero-order valence-electron chi connectivity index (χ0n) is 9.50. The smallest absolute Gasteiger partial charge is 0.155 e. The Morgan fingerprint density at radius 1 is 1.47 bits per heavy atom. The molecule has 15 heavy (non-hydrogen) atoms. The molecule has 0 bridgehead atoms. The van der Waals surface area contributed by atoms with Gasteiger partial charge < -0.3 is 10.5 Å². The maximum Gasteiger partial charge on any atom is 0.155 e. The van der Waals surface area contributed by atoms with Gasteiger partial charge in [0.15, 0.2) is 6.10 Å². The van der Waals surface area contributed by atoms with E-state index in [2.05, 4.69) is 0 Å². The average Bonchev–Trinajstić information content (AvgIpc) is 2.18. The predicted molar refractivity (Wildman–Crippen MR) is 62.5 cm³/mol. The van der Waals surface area contributed by atoms with E-state index in [1.807, 2.05) is 39.0 Å². The Kier molecular flexibility index (Phi) is 3.72. The lowest BCUT2D eigenvalue weighted by molar-refractivity contribution is 0.258. The summed E-state index contributed by atoms with van der Waals surface area (Å²) in [6.45, 7) is 5.96. The van der Waals surface area contributed by atoms with E-state index in [-0.39, 0.29) is 11.9 Å².